The lowest BCUT2D eigenvalue weighted by atomic mass is 10.1. The first-order valence-electron chi connectivity index (χ1n) is 6.28. The molecule has 2 rings (SSSR count). The van der Waals surface area contributed by atoms with Crippen molar-refractivity contribution >= 4 is 5.91 Å². The van der Waals surface area contributed by atoms with Crippen molar-refractivity contribution < 1.29 is 9.53 Å². The van der Waals surface area contributed by atoms with E-state index in [4.69, 9.17) is 10.5 Å². The predicted octanol–water partition coefficient (Wildman–Crippen LogP) is 1.41. The van der Waals surface area contributed by atoms with Crippen LogP contribution in [0, 0.1) is 0 Å². The molecule has 0 saturated heterocycles. The van der Waals surface area contributed by atoms with Gasteiger partial charge >= 0.3 is 0 Å². The molecule has 1 heterocycles. The third-order valence-corrected chi connectivity index (χ3v) is 2.92. The van der Waals surface area contributed by atoms with E-state index >= 15 is 0 Å². The smallest absolute Gasteiger partial charge is 0.241 e. The Balaban J connectivity index is 1.95. The van der Waals surface area contributed by atoms with E-state index in [1.54, 1.807) is 19.4 Å². The van der Waals surface area contributed by atoms with Crippen molar-refractivity contribution in [2.45, 2.75) is 12.6 Å². The maximum Gasteiger partial charge on any atom is 0.241 e. The van der Waals surface area contributed by atoms with Gasteiger partial charge in [0.15, 0.2) is 0 Å². The van der Waals surface area contributed by atoms with Gasteiger partial charge in [-0.05, 0) is 17.2 Å². The number of amides is 1. The number of carbonyl (C=O) groups excluding carboxylic acids is 1. The molecule has 5 heteroatoms. The fourth-order valence-electron chi connectivity index (χ4n) is 1.78. The van der Waals surface area contributed by atoms with E-state index in [-0.39, 0.29) is 5.91 Å². The average Bonchev–Trinajstić information content (AvgIpc) is 2.53. The fourth-order valence-corrected chi connectivity index (χ4v) is 1.78. The lowest BCUT2D eigenvalue weighted by molar-refractivity contribution is -0.122. The molecule has 0 aliphatic rings. The van der Waals surface area contributed by atoms with Gasteiger partial charge in [-0.25, -0.2) is 4.98 Å². The maximum absolute atomic E-state index is 12.0. The van der Waals surface area contributed by atoms with Crippen LogP contribution in [-0.4, -0.2) is 18.0 Å². The molecule has 5 nitrogen and oxygen atoms in total. The topological polar surface area (TPSA) is 77.2 Å². The molecule has 1 aromatic heterocycles. The van der Waals surface area contributed by atoms with Gasteiger partial charge in [-0.1, -0.05) is 30.3 Å². The van der Waals surface area contributed by atoms with Crippen LogP contribution in [0.25, 0.3) is 0 Å². The second-order valence-corrected chi connectivity index (χ2v) is 4.31. The normalized spacial score (nSPS) is 11.7. The summed E-state index contributed by atoms with van der Waals surface area (Å²) in [5, 5.41) is 2.80. The second-order valence-electron chi connectivity index (χ2n) is 4.31. The molecule has 0 bridgehead atoms. The number of rotatable bonds is 5. The minimum atomic E-state index is -0.667. The van der Waals surface area contributed by atoms with Crippen molar-refractivity contribution in [2.75, 3.05) is 7.11 Å². The van der Waals surface area contributed by atoms with E-state index < -0.39 is 6.04 Å². The number of ether oxygens (including phenoxy) is 1. The van der Waals surface area contributed by atoms with Crippen LogP contribution in [0.4, 0.5) is 0 Å². The largest absolute Gasteiger partial charge is 0.481 e. The molecule has 0 spiro atoms. The summed E-state index contributed by atoms with van der Waals surface area (Å²) in [6.45, 7) is 0.387. The predicted molar refractivity (Wildman–Crippen MR) is 76.0 cm³/mol. The Morgan fingerprint density at radius 2 is 2.10 bits per heavy atom. The van der Waals surface area contributed by atoms with E-state index in [0.29, 0.717) is 12.4 Å². The maximum atomic E-state index is 12.0. The first-order valence-corrected chi connectivity index (χ1v) is 6.28. The van der Waals surface area contributed by atoms with Crippen LogP contribution in [0.3, 0.4) is 0 Å². The second kappa shape index (κ2) is 6.68. The lowest BCUT2D eigenvalue weighted by Crippen LogP contribution is -2.33. The Labute approximate surface area is 117 Å². The molecule has 3 N–H and O–H groups in total. The summed E-state index contributed by atoms with van der Waals surface area (Å²) < 4.78 is 5.03. The molecule has 1 aromatic carbocycles. The highest BCUT2D eigenvalue weighted by molar-refractivity contribution is 5.82. The minimum Gasteiger partial charge on any atom is -0.481 e. The molecule has 104 valence electrons. The number of nitrogens with one attached hydrogen (secondary N) is 1. The molecular weight excluding hydrogens is 254 g/mol. The van der Waals surface area contributed by atoms with Crippen LogP contribution >= 0.6 is 0 Å². The van der Waals surface area contributed by atoms with Crippen LogP contribution in [0.5, 0.6) is 5.88 Å². The van der Waals surface area contributed by atoms with Gasteiger partial charge in [0.05, 0.1) is 7.11 Å². The van der Waals surface area contributed by atoms with Gasteiger partial charge in [-0.15, -0.1) is 0 Å². The van der Waals surface area contributed by atoms with Crippen LogP contribution in [0.1, 0.15) is 17.2 Å². The molecule has 20 heavy (non-hydrogen) atoms. The highest BCUT2D eigenvalue weighted by Gasteiger charge is 2.14. The third-order valence-electron chi connectivity index (χ3n) is 2.92. The van der Waals surface area contributed by atoms with Crippen molar-refractivity contribution in [2.24, 2.45) is 5.73 Å². The molecule has 0 aliphatic carbocycles. The summed E-state index contributed by atoms with van der Waals surface area (Å²) in [4.78, 5) is 16.0. The highest BCUT2D eigenvalue weighted by Crippen LogP contribution is 2.11. The summed E-state index contributed by atoms with van der Waals surface area (Å²) >= 11 is 0. The number of nitrogens with two attached hydrogens (primary N) is 1. The lowest BCUT2D eigenvalue weighted by Gasteiger charge is -2.12. The Morgan fingerprint density at radius 3 is 2.80 bits per heavy atom. The molecule has 2 aromatic rings. The van der Waals surface area contributed by atoms with E-state index in [2.05, 4.69) is 10.3 Å². The Morgan fingerprint density at radius 1 is 1.35 bits per heavy atom. The summed E-state index contributed by atoms with van der Waals surface area (Å²) in [5.41, 5.74) is 7.61. The number of aromatic nitrogens is 1. The first kappa shape index (κ1) is 14.0. The van der Waals surface area contributed by atoms with Gasteiger partial charge in [-0.3, -0.25) is 4.79 Å². The van der Waals surface area contributed by atoms with E-state index in [1.807, 2.05) is 36.4 Å². The first-order chi connectivity index (χ1) is 9.70. The number of pyridine rings is 1. The molecule has 0 aliphatic heterocycles. The number of hydrogen-bond acceptors (Lipinski definition) is 4. The van der Waals surface area contributed by atoms with Gasteiger partial charge in [0, 0.05) is 18.8 Å². The Bertz CT molecular complexity index is 572. The quantitative estimate of drug-likeness (QED) is 0.862. The van der Waals surface area contributed by atoms with Gasteiger partial charge in [0.25, 0.3) is 0 Å². The zero-order valence-electron chi connectivity index (χ0n) is 11.2. The summed E-state index contributed by atoms with van der Waals surface area (Å²) in [7, 11) is 1.55. The van der Waals surface area contributed by atoms with E-state index in [0.717, 1.165) is 11.1 Å². The number of benzene rings is 1. The zero-order valence-corrected chi connectivity index (χ0v) is 11.2. The molecule has 0 saturated carbocycles. The van der Waals surface area contributed by atoms with Crippen molar-refractivity contribution in [1.82, 2.24) is 10.3 Å². The van der Waals surface area contributed by atoms with E-state index in [1.165, 1.54) is 0 Å². The molecule has 1 amide bonds. The summed E-state index contributed by atoms with van der Waals surface area (Å²) in [6.07, 6.45) is 1.64. The van der Waals surface area contributed by atoms with Crippen molar-refractivity contribution in [3.63, 3.8) is 0 Å². The third kappa shape index (κ3) is 3.55. The SMILES string of the molecule is COc1cc(CNC(=O)C(N)c2ccccc2)ccn1. The van der Waals surface area contributed by atoms with Crippen molar-refractivity contribution in [1.29, 1.82) is 0 Å². The zero-order chi connectivity index (χ0) is 14.4. The van der Waals surface area contributed by atoms with Gasteiger partial charge in [0.2, 0.25) is 11.8 Å². The van der Waals surface area contributed by atoms with Gasteiger partial charge in [-0.2, -0.15) is 0 Å². The van der Waals surface area contributed by atoms with Crippen LogP contribution in [-0.2, 0) is 11.3 Å². The van der Waals surface area contributed by atoms with Crippen molar-refractivity contribution in [3.05, 3.63) is 59.8 Å². The highest BCUT2D eigenvalue weighted by atomic mass is 16.5. The standard InChI is InChI=1S/C15H17N3O2/c1-20-13-9-11(7-8-17-13)10-18-15(19)14(16)12-5-3-2-4-6-12/h2-9,14H,10,16H2,1H3,(H,18,19). The molecule has 1 atom stereocenters. The Hall–Kier alpha value is -2.40. The van der Waals surface area contributed by atoms with Gasteiger partial charge < -0.3 is 15.8 Å². The Kier molecular flexibility index (Phi) is 4.68. The number of methoxy groups -OCH3 is 1. The summed E-state index contributed by atoms with van der Waals surface area (Å²) in [5.74, 6) is 0.302. The number of carbonyl (C=O) groups is 1. The summed E-state index contributed by atoms with van der Waals surface area (Å²) in [6, 6.07) is 12.2. The molecular formula is C15H17N3O2. The van der Waals surface area contributed by atoms with Gasteiger partial charge in [0.1, 0.15) is 6.04 Å². The number of hydrogen-bond donors (Lipinski definition) is 2. The van der Waals surface area contributed by atoms with E-state index in [9.17, 15) is 4.79 Å². The molecule has 0 fully saturated rings. The minimum absolute atomic E-state index is 0.216. The average molecular weight is 271 g/mol. The van der Waals surface area contributed by atoms with Crippen LogP contribution < -0.4 is 15.8 Å². The molecule has 0 radical (unpaired) electrons. The van der Waals surface area contributed by atoms with Crippen LogP contribution in [0.2, 0.25) is 0 Å². The van der Waals surface area contributed by atoms with Crippen LogP contribution in [0.15, 0.2) is 48.7 Å². The monoisotopic (exact) mass is 271 g/mol. The number of nitrogens with zero attached hydrogens (tertiary/aromatic N) is 1. The fraction of sp³-hybridized carbons (Fsp3) is 0.200. The van der Waals surface area contributed by atoms with Crippen molar-refractivity contribution in [3.8, 4) is 5.88 Å². The molecule has 1 unspecified atom stereocenters.